The highest BCUT2D eigenvalue weighted by Crippen LogP contribution is 2.11. The van der Waals surface area contributed by atoms with E-state index in [1.54, 1.807) is 36.6 Å². The van der Waals surface area contributed by atoms with Crippen LogP contribution >= 0.6 is 11.3 Å². The van der Waals surface area contributed by atoms with Gasteiger partial charge < -0.3 is 20.4 Å². The Morgan fingerprint density at radius 3 is 2.57 bits per heavy atom. The molecule has 7 nitrogen and oxygen atoms in total. The van der Waals surface area contributed by atoms with Gasteiger partial charge in [0.05, 0.1) is 30.3 Å². The molecule has 0 aliphatic rings. The van der Waals surface area contributed by atoms with Gasteiger partial charge >= 0.3 is 0 Å². The van der Waals surface area contributed by atoms with Crippen LogP contribution in [0.15, 0.2) is 40.3 Å². The van der Waals surface area contributed by atoms with E-state index in [0.29, 0.717) is 10.6 Å². The van der Waals surface area contributed by atoms with E-state index in [4.69, 9.17) is 4.42 Å². The van der Waals surface area contributed by atoms with Crippen LogP contribution in [0.5, 0.6) is 0 Å². The average Bonchev–Trinajstić information content (AvgIpc) is 3.23. The maximum absolute atomic E-state index is 11.7. The predicted octanol–water partition coefficient (Wildman–Crippen LogP) is 1.06. The van der Waals surface area contributed by atoms with E-state index < -0.39 is 5.91 Å². The van der Waals surface area contributed by atoms with Crippen molar-refractivity contribution in [2.24, 2.45) is 0 Å². The second-order valence-corrected chi connectivity index (χ2v) is 5.69. The number of hydrogen-bond donors (Lipinski definition) is 3. The first-order valence-electron chi connectivity index (χ1n) is 6.97. The molecule has 0 unspecified atom stereocenters. The van der Waals surface area contributed by atoms with Crippen LogP contribution < -0.4 is 16.0 Å². The van der Waals surface area contributed by atoms with E-state index in [-0.39, 0.29) is 30.9 Å². The fourth-order valence-corrected chi connectivity index (χ4v) is 2.44. The van der Waals surface area contributed by atoms with Gasteiger partial charge in [0.15, 0.2) is 0 Å². The van der Waals surface area contributed by atoms with Crippen LogP contribution in [0.4, 0.5) is 0 Å². The molecule has 0 aliphatic carbocycles. The summed E-state index contributed by atoms with van der Waals surface area (Å²) in [5, 5.41) is 9.39. The van der Waals surface area contributed by atoms with E-state index in [1.165, 1.54) is 17.6 Å². The smallest absolute Gasteiger partial charge is 0.261 e. The van der Waals surface area contributed by atoms with Crippen molar-refractivity contribution in [1.29, 1.82) is 0 Å². The Labute approximate surface area is 137 Å². The second-order valence-electron chi connectivity index (χ2n) is 4.74. The van der Waals surface area contributed by atoms with E-state index in [0.717, 1.165) is 0 Å². The van der Waals surface area contributed by atoms with Gasteiger partial charge in [-0.2, -0.15) is 0 Å². The molecular weight excluding hydrogens is 318 g/mol. The Bertz CT molecular complexity index is 652. The summed E-state index contributed by atoms with van der Waals surface area (Å²) in [6.45, 7) is 1.43. The first-order valence-corrected chi connectivity index (χ1v) is 7.85. The molecule has 122 valence electrons. The zero-order valence-electron chi connectivity index (χ0n) is 12.5. The SMILES string of the molecule is C[C@@H](NC(=O)CNC(=O)CNC(=O)c1cccs1)c1ccco1. The monoisotopic (exact) mass is 335 g/mol. The highest BCUT2D eigenvalue weighted by molar-refractivity contribution is 7.12. The third-order valence-electron chi connectivity index (χ3n) is 2.95. The standard InChI is InChI=1S/C15H17N3O4S/c1-10(11-4-2-6-22-11)18-14(20)9-16-13(19)8-17-15(21)12-5-3-7-23-12/h2-7,10H,8-9H2,1H3,(H,16,19)(H,17,21)(H,18,20)/t10-/m1/s1. The van der Waals surface area contributed by atoms with E-state index >= 15 is 0 Å². The highest BCUT2D eigenvalue weighted by Gasteiger charge is 2.13. The van der Waals surface area contributed by atoms with Crippen molar-refractivity contribution in [2.75, 3.05) is 13.1 Å². The van der Waals surface area contributed by atoms with Crippen molar-refractivity contribution in [3.8, 4) is 0 Å². The van der Waals surface area contributed by atoms with Gasteiger partial charge in [0.1, 0.15) is 5.76 Å². The Morgan fingerprint density at radius 2 is 1.91 bits per heavy atom. The Morgan fingerprint density at radius 1 is 1.13 bits per heavy atom. The van der Waals surface area contributed by atoms with Crippen LogP contribution in [0.3, 0.4) is 0 Å². The molecule has 0 aliphatic heterocycles. The highest BCUT2D eigenvalue weighted by atomic mass is 32.1. The Hall–Kier alpha value is -2.61. The molecule has 2 rings (SSSR count). The molecule has 3 N–H and O–H groups in total. The fourth-order valence-electron chi connectivity index (χ4n) is 1.80. The zero-order chi connectivity index (χ0) is 16.7. The number of thiophene rings is 1. The van der Waals surface area contributed by atoms with Crippen LogP contribution in [0.2, 0.25) is 0 Å². The first-order chi connectivity index (χ1) is 11.1. The fraction of sp³-hybridized carbons (Fsp3) is 0.267. The lowest BCUT2D eigenvalue weighted by Gasteiger charge is -2.12. The maximum atomic E-state index is 11.7. The number of rotatable bonds is 7. The topological polar surface area (TPSA) is 100 Å². The van der Waals surface area contributed by atoms with Crippen molar-refractivity contribution in [2.45, 2.75) is 13.0 Å². The van der Waals surface area contributed by atoms with Crippen LogP contribution in [-0.4, -0.2) is 30.8 Å². The summed E-state index contributed by atoms with van der Waals surface area (Å²) in [5.74, 6) is -0.457. The molecule has 3 amide bonds. The molecule has 0 spiro atoms. The van der Waals surface area contributed by atoms with Crippen molar-refractivity contribution >= 4 is 29.1 Å². The molecular formula is C15H17N3O4S. The normalized spacial score (nSPS) is 11.5. The van der Waals surface area contributed by atoms with Crippen LogP contribution in [0.1, 0.15) is 28.4 Å². The molecule has 0 saturated carbocycles. The van der Waals surface area contributed by atoms with Gasteiger partial charge in [-0.05, 0) is 30.5 Å². The van der Waals surface area contributed by atoms with Crippen LogP contribution in [0, 0.1) is 0 Å². The largest absolute Gasteiger partial charge is 0.467 e. The molecule has 0 aromatic carbocycles. The molecule has 0 fully saturated rings. The molecule has 0 radical (unpaired) electrons. The molecule has 1 atom stereocenters. The van der Waals surface area contributed by atoms with Crippen LogP contribution in [0.25, 0.3) is 0 Å². The summed E-state index contributed by atoms with van der Waals surface area (Å²) in [5.41, 5.74) is 0. The molecule has 23 heavy (non-hydrogen) atoms. The van der Waals surface area contributed by atoms with Gasteiger partial charge in [-0.1, -0.05) is 6.07 Å². The average molecular weight is 335 g/mol. The van der Waals surface area contributed by atoms with Gasteiger partial charge in [-0.25, -0.2) is 0 Å². The Balaban J connectivity index is 1.65. The third-order valence-corrected chi connectivity index (χ3v) is 3.82. The number of nitrogens with one attached hydrogen (secondary N) is 3. The minimum Gasteiger partial charge on any atom is -0.467 e. The molecule has 2 heterocycles. The van der Waals surface area contributed by atoms with E-state index in [9.17, 15) is 14.4 Å². The van der Waals surface area contributed by atoms with Crippen molar-refractivity contribution in [3.05, 3.63) is 46.5 Å². The minimum atomic E-state index is -0.435. The summed E-state index contributed by atoms with van der Waals surface area (Å²) in [7, 11) is 0. The van der Waals surface area contributed by atoms with Crippen molar-refractivity contribution < 1.29 is 18.8 Å². The summed E-state index contributed by atoms with van der Waals surface area (Å²) >= 11 is 1.29. The summed E-state index contributed by atoms with van der Waals surface area (Å²) in [6.07, 6.45) is 1.52. The summed E-state index contributed by atoms with van der Waals surface area (Å²) < 4.78 is 5.17. The molecule has 0 bridgehead atoms. The lowest BCUT2D eigenvalue weighted by atomic mass is 10.2. The summed E-state index contributed by atoms with van der Waals surface area (Å²) in [4.78, 5) is 35.5. The van der Waals surface area contributed by atoms with Crippen LogP contribution in [-0.2, 0) is 9.59 Å². The number of carbonyl (C=O) groups excluding carboxylic acids is 3. The van der Waals surface area contributed by atoms with Gasteiger partial charge in [-0.3, -0.25) is 14.4 Å². The van der Waals surface area contributed by atoms with Crippen molar-refractivity contribution in [1.82, 2.24) is 16.0 Å². The van der Waals surface area contributed by atoms with Gasteiger partial charge in [0.25, 0.3) is 5.91 Å². The molecule has 0 saturated heterocycles. The van der Waals surface area contributed by atoms with Gasteiger partial charge in [0.2, 0.25) is 11.8 Å². The number of hydrogen-bond acceptors (Lipinski definition) is 5. The summed E-state index contributed by atoms with van der Waals surface area (Å²) in [6, 6.07) is 6.62. The van der Waals surface area contributed by atoms with E-state index in [2.05, 4.69) is 16.0 Å². The zero-order valence-corrected chi connectivity index (χ0v) is 13.3. The molecule has 2 aromatic rings. The van der Waals surface area contributed by atoms with E-state index in [1.807, 2.05) is 0 Å². The third kappa shape index (κ3) is 5.26. The quantitative estimate of drug-likeness (QED) is 0.704. The van der Waals surface area contributed by atoms with Crippen molar-refractivity contribution in [3.63, 3.8) is 0 Å². The van der Waals surface area contributed by atoms with Gasteiger partial charge in [-0.15, -0.1) is 11.3 Å². The molecule has 8 heteroatoms. The number of furan rings is 1. The second kappa shape index (κ2) is 8.14. The lowest BCUT2D eigenvalue weighted by molar-refractivity contribution is -0.125. The number of carbonyl (C=O) groups is 3. The molecule has 2 aromatic heterocycles. The minimum absolute atomic E-state index is 0.168. The van der Waals surface area contributed by atoms with Gasteiger partial charge in [0, 0.05) is 0 Å². The number of amides is 3. The first kappa shape index (κ1) is 16.8. The maximum Gasteiger partial charge on any atom is 0.261 e. The predicted molar refractivity (Wildman–Crippen MR) is 84.9 cm³/mol. The lowest BCUT2D eigenvalue weighted by Crippen LogP contribution is -2.42. The Kier molecular flexibility index (Phi) is 5.93.